The van der Waals surface area contributed by atoms with Gasteiger partial charge >= 0.3 is 0 Å². The van der Waals surface area contributed by atoms with Gasteiger partial charge in [-0.25, -0.2) is 0 Å². The third-order valence-corrected chi connectivity index (χ3v) is 6.13. The van der Waals surface area contributed by atoms with Crippen molar-refractivity contribution in [2.24, 2.45) is 11.1 Å². The zero-order valence-electron chi connectivity index (χ0n) is 19.4. The molecule has 33 heavy (non-hydrogen) atoms. The molecule has 0 spiro atoms. The minimum atomic E-state index is -0.577. The lowest BCUT2D eigenvalue weighted by Gasteiger charge is -2.37. The minimum absolute atomic E-state index is 0.0141. The summed E-state index contributed by atoms with van der Waals surface area (Å²) >= 11 is 0. The summed E-state index contributed by atoms with van der Waals surface area (Å²) in [5, 5.41) is 9.87. The number of benzene rings is 2. The first-order valence-corrected chi connectivity index (χ1v) is 10.9. The van der Waals surface area contributed by atoms with E-state index in [0.717, 1.165) is 22.4 Å². The van der Waals surface area contributed by atoms with E-state index in [0.29, 0.717) is 29.9 Å². The van der Waals surface area contributed by atoms with Crippen LogP contribution in [-0.2, 0) is 16.1 Å². The van der Waals surface area contributed by atoms with Crippen molar-refractivity contribution in [3.05, 3.63) is 81.9 Å². The molecule has 0 fully saturated rings. The van der Waals surface area contributed by atoms with Crippen molar-refractivity contribution in [2.75, 3.05) is 7.11 Å². The van der Waals surface area contributed by atoms with E-state index >= 15 is 0 Å². The Labute approximate surface area is 194 Å². The molecule has 1 aliphatic carbocycles. The van der Waals surface area contributed by atoms with Gasteiger partial charge in [0, 0.05) is 24.0 Å². The Balaban J connectivity index is 1.74. The molecule has 2 aromatic rings. The number of nitrogens with zero attached hydrogens (tertiary/aromatic N) is 1. The minimum Gasteiger partial charge on any atom is -0.496 e. The monoisotopic (exact) mass is 444 g/mol. The van der Waals surface area contributed by atoms with Crippen molar-refractivity contribution < 1.29 is 19.0 Å². The molecule has 0 saturated heterocycles. The summed E-state index contributed by atoms with van der Waals surface area (Å²) in [7, 11) is 1.60. The fourth-order valence-electron chi connectivity index (χ4n) is 4.50. The molecule has 6 heteroatoms. The Bertz CT molecular complexity index is 1200. The van der Waals surface area contributed by atoms with Gasteiger partial charge in [-0.3, -0.25) is 4.79 Å². The van der Waals surface area contributed by atoms with E-state index in [4.69, 9.17) is 19.9 Å². The summed E-state index contributed by atoms with van der Waals surface area (Å²) in [5.74, 6) is 1.44. The maximum Gasteiger partial charge on any atom is 0.205 e. The van der Waals surface area contributed by atoms with Gasteiger partial charge in [0.05, 0.1) is 13.0 Å². The molecule has 6 nitrogen and oxygen atoms in total. The molecular weight excluding hydrogens is 416 g/mol. The molecule has 0 radical (unpaired) electrons. The molecule has 170 valence electrons. The highest BCUT2D eigenvalue weighted by molar-refractivity contribution is 6.00. The summed E-state index contributed by atoms with van der Waals surface area (Å²) < 4.78 is 17.3. The van der Waals surface area contributed by atoms with Crippen molar-refractivity contribution in [2.45, 2.75) is 46.1 Å². The van der Waals surface area contributed by atoms with Crippen LogP contribution in [0.25, 0.3) is 0 Å². The molecule has 2 aromatic carbocycles. The molecule has 0 bridgehead atoms. The third kappa shape index (κ3) is 4.45. The van der Waals surface area contributed by atoms with Crippen LogP contribution < -0.4 is 15.2 Å². The number of carbonyl (C=O) groups is 1. The van der Waals surface area contributed by atoms with E-state index in [9.17, 15) is 10.1 Å². The summed E-state index contributed by atoms with van der Waals surface area (Å²) in [4.78, 5) is 13.2. The number of hydrogen-bond acceptors (Lipinski definition) is 6. The second-order valence-corrected chi connectivity index (χ2v) is 9.38. The topological polar surface area (TPSA) is 94.6 Å². The number of ketones is 1. The summed E-state index contributed by atoms with van der Waals surface area (Å²) in [6.07, 6.45) is 0.980. The lowest BCUT2D eigenvalue weighted by molar-refractivity contribution is -0.119. The summed E-state index contributed by atoms with van der Waals surface area (Å²) in [5.41, 5.74) is 9.43. The average molecular weight is 445 g/mol. The first-order chi connectivity index (χ1) is 15.7. The predicted octanol–water partition coefficient (Wildman–Crippen LogP) is 5.03. The smallest absolute Gasteiger partial charge is 0.205 e. The largest absolute Gasteiger partial charge is 0.496 e. The van der Waals surface area contributed by atoms with Crippen LogP contribution in [0.1, 0.15) is 49.3 Å². The molecule has 1 heterocycles. The molecule has 4 rings (SSSR count). The zero-order chi connectivity index (χ0) is 23.8. The lowest BCUT2D eigenvalue weighted by Crippen LogP contribution is -2.33. The quantitative estimate of drug-likeness (QED) is 0.695. The van der Waals surface area contributed by atoms with Crippen LogP contribution in [0.15, 0.2) is 65.3 Å². The Morgan fingerprint density at radius 3 is 2.58 bits per heavy atom. The number of allylic oxidation sites excluding steroid dienone is 3. The van der Waals surface area contributed by atoms with Crippen molar-refractivity contribution in [3.63, 3.8) is 0 Å². The van der Waals surface area contributed by atoms with Crippen LogP contribution in [0.3, 0.4) is 0 Å². The molecule has 0 aromatic heterocycles. The van der Waals surface area contributed by atoms with Crippen molar-refractivity contribution in [1.82, 2.24) is 0 Å². The number of rotatable bonds is 5. The van der Waals surface area contributed by atoms with Gasteiger partial charge in [-0.2, -0.15) is 5.26 Å². The van der Waals surface area contributed by atoms with E-state index < -0.39 is 5.92 Å². The van der Waals surface area contributed by atoms with Crippen LogP contribution in [0.4, 0.5) is 0 Å². The van der Waals surface area contributed by atoms with Crippen LogP contribution in [0, 0.1) is 23.7 Å². The molecule has 0 unspecified atom stereocenters. The zero-order valence-corrected chi connectivity index (χ0v) is 19.4. The Morgan fingerprint density at radius 1 is 1.18 bits per heavy atom. The normalized spacial score (nSPS) is 19.5. The van der Waals surface area contributed by atoms with E-state index in [2.05, 4.69) is 6.07 Å². The van der Waals surface area contributed by atoms with Gasteiger partial charge in [0.1, 0.15) is 35.5 Å². The Morgan fingerprint density at radius 2 is 1.91 bits per heavy atom. The molecule has 1 atom stereocenters. The number of methoxy groups -OCH3 is 1. The molecule has 0 amide bonds. The SMILES string of the molecule is COc1ccc([C@@H]2C(C#N)=C(N)OC3=C2C(=O)CC(C)(C)C3)cc1COc1ccc(C)cc1. The molecule has 0 saturated carbocycles. The van der Waals surface area contributed by atoms with Crippen molar-refractivity contribution >= 4 is 5.78 Å². The highest BCUT2D eigenvalue weighted by Crippen LogP contribution is 2.48. The van der Waals surface area contributed by atoms with Crippen LogP contribution >= 0.6 is 0 Å². The molecule has 1 aliphatic heterocycles. The molecule has 2 N–H and O–H groups in total. The maximum atomic E-state index is 13.2. The van der Waals surface area contributed by atoms with Crippen LogP contribution in [0.5, 0.6) is 11.5 Å². The summed E-state index contributed by atoms with van der Waals surface area (Å²) in [6.45, 7) is 6.35. The van der Waals surface area contributed by atoms with Crippen LogP contribution in [-0.4, -0.2) is 12.9 Å². The van der Waals surface area contributed by atoms with E-state index in [1.165, 1.54) is 0 Å². The first-order valence-electron chi connectivity index (χ1n) is 10.9. The van der Waals surface area contributed by atoms with Gasteiger partial charge < -0.3 is 19.9 Å². The molecule has 2 aliphatic rings. The average Bonchev–Trinajstić information content (AvgIpc) is 2.76. The third-order valence-electron chi connectivity index (χ3n) is 6.13. The highest BCUT2D eigenvalue weighted by atomic mass is 16.5. The summed E-state index contributed by atoms with van der Waals surface area (Å²) in [6, 6.07) is 15.6. The van der Waals surface area contributed by atoms with Gasteiger partial charge in [-0.15, -0.1) is 0 Å². The van der Waals surface area contributed by atoms with E-state index in [-0.39, 0.29) is 29.3 Å². The molecular formula is C27H28N2O4. The number of nitriles is 1. The van der Waals surface area contributed by atoms with Crippen LogP contribution in [0.2, 0.25) is 0 Å². The van der Waals surface area contributed by atoms with Gasteiger partial charge in [-0.05, 0) is 42.2 Å². The fourth-order valence-corrected chi connectivity index (χ4v) is 4.50. The number of nitrogens with two attached hydrogens (primary N) is 1. The Kier molecular flexibility index (Phi) is 5.90. The van der Waals surface area contributed by atoms with E-state index in [1.54, 1.807) is 7.11 Å². The number of aryl methyl sites for hydroxylation is 1. The number of ether oxygens (including phenoxy) is 3. The maximum absolute atomic E-state index is 13.2. The predicted molar refractivity (Wildman–Crippen MR) is 124 cm³/mol. The highest BCUT2D eigenvalue weighted by Gasteiger charge is 2.43. The first kappa shape index (κ1) is 22.5. The number of carbonyl (C=O) groups excluding carboxylic acids is 1. The Hall–Kier alpha value is -3.72. The fraction of sp³-hybridized carbons (Fsp3) is 0.333. The van der Waals surface area contributed by atoms with Gasteiger partial charge in [-0.1, -0.05) is 37.6 Å². The van der Waals surface area contributed by atoms with Gasteiger partial charge in [0.25, 0.3) is 0 Å². The van der Waals surface area contributed by atoms with Gasteiger partial charge in [0.15, 0.2) is 5.78 Å². The van der Waals surface area contributed by atoms with Gasteiger partial charge in [0.2, 0.25) is 5.88 Å². The van der Waals surface area contributed by atoms with E-state index in [1.807, 2.05) is 63.2 Å². The van der Waals surface area contributed by atoms with Crippen molar-refractivity contribution in [1.29, 1.82) is 5.26 Å². The number of Topliss-reactive ketones (excluding diaryl/α,β-unsaturated/α-hetero) is 1. The second kappa shape index (κ2) is 8.67. The number of hydrogen-bond donors (Lipinski definition) is 1. The lowest BCUT2D eigenvalue weighted by atomic mass is 9.70. The second-order valence-electron chi connectivity index (χ2n) is 9.38. The standard InChI is InChI=1S/C27H28N2O4/c1-16-5-8-19(9-6-16)32-15-18-11-17(7-10-22(18)31-4)24-20(14-28)26(29)33-23-13-27(2,3)12-21(30)25(23)24/h5-11,24H,12-13,15,29H2,1-4H3/t24-/m1/s1. The van der Waals surface area contributed by atoms with Crippen molar-refractivity contribution in [3.8, 4) is 17.6 Å².